The van der Waals surface area contributed by atoms with Gasteiger partial charge in [0.2, 0.25) is 15.9 Å². The molecule has 1 saturated heterocycles. The molecule has 6 heteroatoms. The van der Waals surface area contributed by atoms with Gasteiger partial charge < -0.3 is 4.90 Å². The van der Waals surface area contributed by atoms with E-state index in [2.05, 4.69) is 6.92 Å². The molecule has 0 bridgehead atoms. The number of fused-ring (bicyclic) bond motifs is 1. The Morgan fingerprint density at radius 3 is 2.32 bits per heavy atom. The molecule has 1 saturated carbocycles. The van der Waals surface area contributed by atoms with Crippen LogP contribution in [-0.4, -0.2) is 49.7 Å². The number of piperazine rings is 1. The third-order valence-electron chi connectivity index (χ3n) is 5.93. The zero-order valence-electron chi connectivity index (χ0n) is 14.8. The van der Waals surface area contributed by atoms with Crippen molar-refractivity contribution in [3.8, 4) is 0 Å². The molecule has 3 aliphatic rings. The lowest BCUT2D eigenvalue weighted by Gasteiger charge is -2.34. The van der Waals surface area contributed by atoms with Crippen LogP contribution in [0, 0.1) is 11.8 Å². The van der Waals surface area contributed by atoms with Crippen molar-refractivity contribution in [2.24, 2.45) is 11.8 Å². The van der Waals surface area contributed by atoms with E-state index >= 15 is 0 Å². The number of carbonyl (C=O) groups excluding carboxylic acids is 1. The van der Waals surface area contributed by atoms with E-state index in [0.717, 1.165) is 25.7 Å². The van der Waals surface area contributed by atoms with Gasteiger partial charge in [0.1, 0.15) is 0 Å². The molecule has 2 atom stereocenters. The van der Waals surface area contributed by atoms with Crippen LogP contribution in [0.3, 0.4) is 0 Å². The van der Waals surface area contributed by atoms with Gasteiger partial charge in [-0.15, -0.1) is 0 Å². The van der Waals surface area contributed by atoms with E-state index in [1.54, 1.807) is 6.07 Å². The molecule has 2 aliphatic carbocycles. The minimum absolute atomic E-state index is 0.170. The van der Waals surface area contributed by atoms with Gasteiger partial charge in [0, 0.05) is 32.1 Å². The number of rotatable bonds is 3. The van der Waals surface area contributed by atoms with Crippen LogP contribution < -0.4 is 0 Å². The molecule has 1 aromatic carbocycles. The average Bonchev–Trinajstić information content (AvgIpc) is 3.37. The van der Waals surface area contributed by atoms with Crippen LogP contribution in [0.5, 0.6) is 0 Å². The quantitative estimate of drug-likeness (QED) is 0.827. The molecule has 0 unspecified atom stereocenters. The number of carbonyl (C=O) groups is 1. The van der Waals surface area contributed by atoms with Gasteiger partial charge in [-0.1, -0.05) is 13.0 Å². The number of sulfonamides is 1. The molecule has 25 heavy (non-hydrogen) atoms. The van der Waals surface area contributed by atoms with Crippen molar-refractivity contribution in [2.75, 3.05) is 26.2 Å². The molecule has 1 aliphatic heterocycles. The summed E-state index contributed by atoms with van der Waals surface area (Å²) in [5.74, 6) is 0.867. The summed E-state index contributed by atoms with van der Waals surface area (Å²) in [6, 6.07) is 5.60. The highest BCUT2D eigenvalue weighted by molar-refractivity contribution is 7.89. The lowest BCUT2D eigenvalue weighted by Crippen LogP contribution is -2.51. The van der Waals surface area contributed by atoms with Crippen molar-refractivity contribution < 1.29 is 13.2 Å². The van der Waals surface area contributed by atoms with Crippen LogP contribution in [0.25, 0.3) is 0 Å². The van der Waals surface area contributed by atoms with Gasteiger partial charge in [0.25, 0.3) is 0 Å². The van der Waals surface area contributed by atoms with Crippen LogP contribution in [0.2, 0.25) is 0 Å². The first kappa shape index (κ1) is 17.0. The maximum absolute atomic E-state index is 13.0. The van der Waals surface area contributed by atoms with Gasteiger partial charge in [-0.25, -0.2) is 8.42 Å². The molecule has 5 nitrogen and oxygen atoms in total. The third-order valence-corrected chi connectivity index (χ3v) is 7.83. The number of hydrogen-bond donors (Lipinski definition) is 0. The fourth-order valence-corrected chi connectivity index (χ4v) is 5.54. The number of aryl methyl sites for hydroxylation is 2. The Labute approximate surface area is 150 Å². The standard InChI is InChI=1S/C19H26N2O3S/c1-14-12-18(14)19(22)20-8-10-21(11-9-20)25(23,24)17-7-6-15-4-2-3-5-16(15)13-17/h6-7,13-14,18H,2-5,8-12H2,1H3/t14-,18-/m1/s1. The summed E-state index contributed by atoms with van der Waals surface area (Å²) in [5.41, 5.74) is 2.48. The van der Waals surface area contributed by atoms with Gasteiger partial charge in [-0.3, -0.25) is 4.79 Å². The molecular formula is C19H26N2O3S. The molecule has 1 heterocycles. The zero-order valence-corrected chi connectivity index (χ0v) is 15.6. The molecule has 0 spiro atoms. The Kier molecular flexibility index (Phi) is 4.36. The first-order valence-electron chi connectivity index (χ1n) is 9.37. The fraction of sp³-hybridized carbons (Fsp3) is 0.632. The Bertz CT molecular complexity index is 782. The molecule has 136 valence electrons. The maximum atomic E-state index is 13.0. The molecule has 0 aromatic heterocycles. The largest absolute Gasteiger partial charge is 0.340 e. The highest BCUT2D eigenvalue weighted by Gasteiger charge is 2.42. The second-order valence-electron chi connectivity index (χ2n) is 7.69. The van der Waals surface area contributed by atoms with E-state index in [4.69, 9.17) is 0 Å². The molecular weight excluding hydrogens is 336 g/mol. The number of amides is 1. The van der Waals surface area contributed by atoms with Crippen molar-refractivity contribution in [3.05, 3.63) is 29.3 Å². The number of nitrogens with zero attached hydrogens (tertiary/aromatic N) is 2. The van der Waals surface area contributed by atoms with Gasteiger partial charge in [-0.2, -0.15) is 4.31 Å². The van der Waals surface area contributed by atoms with Gasteiger partial charge >= 0.3 is 0 Å². The molecule has 0 radical (unpaired) electrons. The van der Waals surface area contributed by atoms with Crippen LogP contribution in [0.4, 0.5) is 0 Å². The summed E-state index contributed by atoms with van der Waals surface area (Å²) in [6.45, 7) is 3.90. The van der Waals surface area contributed by atoms with E-state index in [9.17, 15) is 13.2 Å². The summed E-state index contributed by atoms with van der Waals surface area (Å²) in [4.78, 5) is 14.6. The molecule has 1 aromatic rings. The second-order valence-corrected chi connectivity index (χ2v) is 9.62. The number of hydrogen-bond acceptors (Lipinski definition) is 3. The fourth-order valence-electron chi connectivity index (χ4n) is 4.07. The SMILES string of the molecule is C[C@@H]1C[C@H]1C(=O)N1CCN(S(=O)(=O)c2ccc3c(c2)CCCC3)CC1. The van der Waals surface area contributed by atoms with E-state index in [0.29, 0.717) is 37.0 Å². The van der Waals surface area contributed by atoms with Crippen molar-refractivity contribution >= 4 is 15.9 Å². The number of benzene rings is 1. The minimum atomic E-state index is -3.46. The smallest absolute Gasteiger partial charge is 0.243 e. The second kappa shape index (κ2) is 6.40. The third kappa shape index (κ3) is 3.22. The summed E-state index contributed by atoms with van der Waals surface area (Å²) < 4.78 is 27.5. The van der Waals surface area contributed by atoms with E-state index in [1.807, 2.05) is 17.0 Å². The molecule has 0 N–H and O–H groups in total. The minimum Gasteiger partial charge on any atom is -0.340 e. The normalized spacial score (nSPS) is 27.0. The molecule has 1 amide bonds. The van der Waals surface area contributed by atoms with E-state index < -0.39 is 10.0 Å². The van der Waals surface area contributed by atoms with E-state index in [-0.39, 0.29) is 11.8 Å². The van der Waals surface area contributed by atoms with E-state index in [1.165, 1.54) is 21.9 Å². The molecule has 4 rings (SSSR count). The predicted molar refractivity (Wildman–Crippen MR) is 95.7 cm³/mol. The lowest BCUT2D eigenvalue weighted by atomic mass is 9.92. The van der Waals surface area contributed by atoms with Crippen LogP contribution in [0.15, 0.2) is 23.1 Å². The Balaban J connectivity index is 1.45. The highest BCUT2D eigenvalue weighted by Crippen LogP contribution is 2.39. The first-order chi connectivity index (χ1) is 12.0. The summed E-state index contributed by atoms with van der Waals surface area (Å²) >= 11 is 0. The van der Waals surface area contributed by atoms with Gasteiger partial charge in [-0.05, 0) is 61.3 Å². The topological polar surface area (TPSA) is 57.7 Å². The lowest BCUT2D eigenvalue weighted by molar-refractivity contribution is -0.134. The van der Waals surface area contributed by atoms with Crippen molar-refractivity contribution in [1.82, 2.24) is 9.21 Å². The monoisotopic (exact) mass is 362 g/mol. The summed E-state index contributed by atoms with van der Waals surface area (Å²) in [6.07, 6.45) is 5.33. The molecule has 2 fully saturated rings. The summed E-state index contributed by atoms with van der Waals surface area (Å²) in [7, 11) is -3.46. The van der Waals surface area contributed by atoms with Gasteiger partial charge in [0.05, 0.1) is 4.90 Å². The van der Waals surface area contributed by atoms with Crippen molar-refractivity contribution in [3.63, 3.8) is 0 Å². The predicted octanol–water partition coefficient (Wildman–Crippen LogP) is 2.05. The van der Waals surface area contributed by atoms with Crippen molar-refractivity contribution in [2.45, 2.75) is 43.9 Å². The van der Waals surface area contributed by atoms with Crippen LogP contribution >= 0.6 is 0 Å². The Hall–Kier alpha value is -1.40. The first-order valence-corrected chi connectivity index (χ1v) is 10.8. The van der Waals surface area contributed by atoms with Crippen molar-refractivity contribution in [1.29, 1.82) is 0 Å². The maximum Gasteiger partial charge on any atom is 0.243 e. The Morgan fingerprint density at radius 1 is 1.04 bits per heavy atom. The highest BCUT2D eigenvalue weighted by atomic mass is 32.2. The summed E-state index contributed by atoms with van der Waals surface area (Å²) in [5, 5.41) is 0. The zero-order chi connectivity index (χ0) is 17.6. The average molecular weight is 362 g/mol. The Morgan fingerprint density at radius 2 is 1.68 bits per heavy atom. The van der Waals surface area contributed by atoms with Crippen LogP contribution in [-0.2, 0) is 27.7 Å². The van der Waals surface area contributed by atoms with Gasteiger partial charge in [0.15, 0.2) is 0 Å². The van der Waals surface area contributed by atoms with Crippen LogP contribution in [0.1, 0.15) is 37.3 Å².